The first-order chi connectivity index (χ1) is 14.4. The number of carbonyl (C=O) groups is 1. The van der Waals surface area contributed by atoms with Crippen LogP contribution in [0.25, 0.3) is 0 Å². The molecule has 156 valence electrons. The van der Waals surface area contributed by atoms with Gasteiger partial charge in [0.25, 0.3) is 15.9 Å². The molecule has 1 amide bonds. The van der Waals surface area contributed by atoms with Crippen LogP contribution in [0, 0.1) is 0 Å². The number of halogens is 1. The molecule has 0 bridgehead atoms. The zero-order valence-corrected chi connectivity index (χ0v) is 18.5. The summed E-state index contributed by atoms with van der Waals surface area (Å²) in [5.41, 5.74) is 2.45. The quantitative estimate of drug-likeness (QED) is 0.609. The highest BCUT2D eigenvalue weighted by atomic mass is 35.5. The molecule has 1 aliphatic heterocycles. The van der Waals surface area contributed by atoms with Crippen molar-refractivity contribution in [1.29, 1.82) is 0 Å². The van der Waals surface area contributed by atoms with Gasteiger partial charge in [0.1, 0.15) is 10.6 Å². The third-order valence-corrected chi connectivity index (χ3v) is 7.64. The number of thiophene rings is 1. The molecule has 30 heavy (non-hydrogen) atoms. The number of methoxy groups -OCH3 is 1. The normalized spacial score (nSPS) is 13.6. The van der Waals surface area contributed by atoms with E-state index in [-0.39, 0.29) is 15.8 Å². The summed E-state index contributed by atoms with van der Waals surface area (Å²) in [7, 11) is -2.39. The molecule has 1 N–H and O–H groups in total. The molecule has 2 heterocycles. The largest absolute Gasteiger partial charge is 0.497 e. The monoisotopic (exact) mass is 462 g/mol. The number of amides is 1. The molecule has 0 saturated carbocycles. The second-order valence-corrected chi connectivity index (χ2v) is 9.85. The molecule has 9 heteroatoms. The fraction of sp³-hybridized carbons (Fsp3) is 0.190. The van der Waals surface area contributed by atoms with Gasteiger partial charge in [-0.2, -0.15) is 0 Å². The maximum absolute atomic E-state index is 12.8. The molecule has 0 fully saturated rings. The molecule has 0 saturated heterocycles. The first-order valence-electron chi connectivity index (χ1n) is 9.18. The summed E-state index contributed by atoms with van der Waals surface area (Å²) in [5, 5.41) is 1.95. The summed E-state index contributed by atoms with van der Waals surface area (Å²) in [4.78, 5) is 15.1. The van der Waals surface area contributed by atoms with Crippen molar-refractivity contribution in [3.05, 3.63) is 74.9 Å². The highest BCUT2D eigenvalue weighted by Gasteiger charge is 2.24. The molecule has 0 unspecified atom stereocenters. The van der Waals surface area contributed by atoms with Crippen LogP contribution in [0.5, 0.6) is 5.75 Å². The lowest BCUT2D eigenvalue weighted by atomic mass is 9.99. The Labute approximate surface area is 184 Å². The number of anilines is 1. The Hall–Kier alpha value is -2.55. The Morgan fingerprint density at radius 2 is 2.00 bits per heavy atom. The lowest BCUT2D eigenvalue weighted by Crippen LogP contribution is -2.35. The Bertz CT molecular complexity index is 1190. The maximum atomic E-state index is 12.8. The van der Waals surface area contributed by atoms with E-state index in [9.17, 15) is 13.2 Å². The third-order valence-electron chi connectivity index (χ3n) is 4.92. The number of nitrogens with zero attached hydrogens (tertiary/aromatic N) is 1. The van der Waals surface area contributed by atoms with Crippen molar-refractivity contribution in [3.8, 4) is 5.75 Å². The van der Waals surface area contributed by atoms with Crippen molar-refractivity contribution in [1.82, 2.24) is 4.90 Å². The van der Waals surface area contributed by atoms with E-state index in [1.54, 1.807) is 23.1 Å². The van der Waals surface area contributed by atoms with Crippen molar-refractivity contribution in [2.45, 2.75) is 17.9 Å². The Balaban J connectivity index is 1.56. The predicted molar refractivity (Wildman–Crippen MR) is 118 cm³/mol. The number of carbonyl (C=O) groups excluding carboxylic acids is 1. The van der Waals surface area contributed by atoms with Gasteiger partial charge >= 0.3 is 0 Å². The molecule has 6 nitrogen and oxygen atoms in total. The molecule has 0 atom stereocenters. The van der Waals surface area contributed by atoms with Crippen LogP contribution in [0.2, 0.25) is 5.02 Å². The van der Waals surface area contributed by atoms with Crippen LogP contribution in [0.3, 0.4) is 0 Å². The lowest BCUT2D eigenvalue weighted by Gasteiger charge is -2.29. The topological polar surface area (TPSA) is 75.7 Å². The van der Waals surface area contributed by atoms with Gasteiger partial charge in [0, 0.05) is 24.8 Å². The minimum absolute atomic E-state index is 0.00773. The molecule has 0 aliphatic carbocycles. The third kappa shape index (κ3) is 4.16. The first kappa shape index (κ1) is 20.7. The molecular formula is C21H19ClN2O4S2. The average Bonchev–Trinajstić information content (AvgIpc) is 3.27. The van der Waals surface area contributed by atoms with Crippen LogP contribution in [0.1, 0.15) is 20.8 Å². The van der Waals surface area contributed by atoms with Crippen LogP contribution >= 0.6 is 22.9 Å². The summed E-state index contributed by atoms with van der Waals surface area (Å²) in [6.07, 6.45) is 0.726. The van der Waals surface area contributed by atoms with Crippen molar-refractivity contribution < 1.29 is 17.9 Å². The minimum Gasteiger partial charge on any atom is -0.497 e. The van der Waals surface area contributed by atoms with Crippen molar-refractivity contribution in [2.24, 2.45) is 0 Å². The van der Waals surface area contributed by atoms with Gasteiger partial charge in [-0.05, 0) is 53.3 Å². The first-order valence-corrected chi connectivity index (χ1v) is 11.9. The second kappa shape index (κ2) is 8.29. The molecule has 0 spiro atoms. The smallest absolute Gasteiger partial charge is 0.264 e. The number of fused-ring (bicyclic) bond motifs is 1. The number of hydrogen-bond donors (Lipinski definition) is 1. The molecule has 1 aliphatic rings. The summed E-state index contributed by atoms with van der Waals surface area (Å²) >= 11 is 7.55. The van der Waals surface area contributed by atoms with E-state index in [2.05, 4.69) is 4.72 Å². The summed E-state index contributed by atoms with van der Waals surface area (Å²) in [5.74, 6) is 0.467. The van der Waals surface area contributed by atoms with E-state index in [0.29, 0.717) is 29.4 Å². The Morgan fingerprint density at radius 3 is 2.70 bits per heavy atom. The van der Waals surface area contributed by atoms with E-state index < -0.39 is 10.0 Å². The second-order valence-electron chi connectivity index (χ2n) is 6.84. The minimum atomic E-state index is -3.88. The maximum Gasteiger partial charge on any atom is 0.264 e. The highest BCUT2D eigenvalue weighted by molar-refractivity contribution is 7.92. The van der Waals surface area contributed by atoms with Crippen molar-refractivity contribution in [2.75, 3.05) is 18.4 Å². The summed E-state index contributed by atoms with van der Waals surface area (Å²) in [6.45, 7) is 1.07. The summed E-state index contributed by atoms with van der Waals surface area (Å²) in [6, 6.07) is 13.5. The number of benzene rings is 2. The van der Waals surface area contributed by atoms with Gasteiger partial charge < -0.3 is 9.64 Å². The molecule has 2 aromatic carbocycles. The van der Waals surface area contributed by atoms with Crippen molar-refractivity contribution in [3.63, 3.8) is 0 Å². The molecule has 4 rings (SSSR count). The van der Waals surface area contributed by atoms with Gasteiger partial charge in [-0.15, -0.1) is 11.3 Å². The van der Waals surface area contributed by atoms with Gasteiger partial charge in [0.2, 0.25) is 0 Å². The van der Waals surface area contributed by atoms with Crippen LogP contribution in [0.15, 0.2) is 58.8 Å². The van der Waals surface area contributed by atoms with Gasteiger partial charge in [-0.25, -0.2) is 8.42 Å². The van der Waals surface area contributed by atoms with Gasteiger partial charge in [0.15, 0.2) is 0 Å². The SMILES string of the molecule is COc1ccc(S(=O)(=O)Nc2ccc3c(c2)CN(C(=O)c2cccs2)CC3)c(Cl)c1. The summed E-state index contributed by atoms with van der Waals surface area (Å²) < 4.78 is 33.3. The van der Waals surface area contributed by atoms with Crippen LogP contribution in [-0.4, -0.2) is 32.9 Å². The van der Waals surface area contributed by atoms with E-state index in [4.69, 9.17) is 16.3 Å². The van der Waals surface area contributed by atoms with Crippen LogP contribution < -0.4 is 9.46 Å². The Kier molecular flexibility index (Phi) is 5.73. The zero-order chi connectivity index (χ0) is 21.3. The molecule has 3 aromatic rings. The number of hydrogen-bond acceptors (Lipinski definition) is 5. The molecular weight excluding hydrogens is 444 g/mol. The molecule has 1 aromatic heterocycles. The Morgan fingerprint density at radius 1 is 1.17 bits per heavy atom. The number of rotatable bonds is 5. The van der Waals surface area contributed by atoms with Crippen molar-refractivity contribution >= 4 is 44.6 Å². The van der Waals surface area contributed by atoms with Gasteiger partial charge in [-0.1, -0.05) is 23.7 Å². The highest BCUT2D eigenvalue weighted by Crippen LogP contribution is 2.29. The van der Waals surface area contributed by atoms with E-state index in [1.165, 1.54) is 30.6 Å². The predicted octanol–water partition coefficient (Wildman–Crippen LogP) is 4.41. The average molecular weight is 463 g/mol. The fourth-order valence-corrected chi connectivity index (χ4v) is 5.66. The standard InChI is InChI=1S/C21H19ClN2O4S2/c1-28-17-6-7-20(18(22)12-17)30(26,27)23-16-5-4-14-8-9-24(13-15(14)11-16)21(25)19-3-2-10-29-19/h2-7,10-12,23H,8-9,13H2,1H3. The lowest BCUT2D eigenvalue weighted by molar-refractivity contribution is 0.0739. The van der Waals surface area contributed by atoms with Crippen LogP contribution in [0.4, 0.5) is 5.69 Å². The van der Waals surface area contributed by atoms with Crippen LogP contribution in [-0.2, 0) is 23.0 Å². The number of nitrogens with one attached hydrogen (secondary N) is 1. The molecule has 0 radical (unpaired) electrons. The van der Waals surface area contributed by atoms with E-state index >= 15 is 0 Å². The van der Waals surface area contributed by atoms with Gasteiger partial charge in [0.05, 0.1) is 17.0 Å². The number of sulfonamides is 1. The fourth-order valence-electron chi connectivity index (χ4n) is 3.39. The van der Waals surface area contributed by atoms with Gasteiger partial charge in [-0.3, -0.25) is 9.52 Å². The van der Waals surface area contributed by atoms with E-state index in [1.807, 2.05) is 23.6 Å². The van der Waals surface area contributed by atoms with E-state index in [0.717, 1.165) is 17.5 Å². The zero-order valence-electron chi connectivity index (χ0n) is 16.1. The number of ether oxygens (including phenoxy) is 1.